The number of halogens is 1. The number of nitrogens with one attached hydrogen (secondary N) is 1. The highest BCUT2D eigenvalue weighted by Gasteiger charge is 2.21. The van der Waals surface area contributed by atoms with Gasteiger partial charge >= 0.3 is 5.69 Å². The van der Waals surface area contributed by atoms with E-state index < -0.39 is 21.5 Å². The third kappa shape index (κ3) is 3.38. The first-order valence-electron chi connectivity index (χ1n) is 7.63. The highest BCUT2D eigenvalue weighted by Crippen LogP contribution is 2.20. The number of carbonyl (C=O) groups excluding carboxylic acids is 1. The molecule has 2 aromatic carbocycles. The topological polar surface area (TPSA) is 90.2 Å². The molecule has 0 aliphatic carbocycles. The molecular formula is C17H16ClN3O4S. The minimum Gasteiger partial charge on any atom is -0.325 e. The number of rotatable bonds is 4. The Labute approximate surface area is 154 Å². The van der Waals surface area contributed by atoms with Crippen molar-refractivity contribution in [2.24, 2.45) is 14.1 Å². The molecule has 1 amide bonds. The number of fused-ring (bicyclic) bond motifs is 1. The molecule has 0 atom stereocenters. The average Bonchev–Trinajstić information content (AvgIpc) is 2.78. The molecule has 0 fully saturated rings. The molecule has 0 spiro atoms. The molecule has 3 aromatic rings. The smallest absolute Gasteiger partial charge is 0.325 e. The lowest BCUT2D eigenvalue weighted by Gasteiger charge is -2.07. The maximum absolute atomic E-state index is 12.6. The van der Waals surface area contributed by atoms with Gasteiger partial charge in [0.2, 0.25) is 5.91 Å². The molecule has 7 nitrogen and oxygen atoms in total. The van der Waals surface area contributed by atoms with E-state index in [0.29, 0.717) is 21.7 Å². The molecule has 0 aliphatic heterocycles. The number of hydrogen-bond acceptors (Lipinski definition) is 4. The van der Waals surface area contributed by atoms with Crippen LogP contribution < -0.4 is 11.0 Å². The summed E-state index contributed by atoms with van der Waals surface area (Å²) in [6.07, 6.45) is 0. The maximum Gasteiger partial charge on any atom is 0.328 e. The van der Waals surface area contributed by atoms with Gasteiger partial charge < -0.3 is 5.32 Å². The number of aryl methyl sites for hydroxylation is 2. The number of carbonyl (C=O) groups is 1. The van der Waals surface area contributed by atoms with Crippen LogP contribution in [0.5, 0.6) is 0 Å². The van der Waals surface area contributed by atoms with E-state index in [2.05, 4.69) is 5.32 Å². The summed E-state index contributed by atoms with van der Waals surface area (Å²) in [5.41, 5.74) is 1.25. The number of anilines is 1. The van der Waals surface area contributed by atoms with Crippen LogP contribution in [0.1, 0.15) is 0 Å². The van der Waals surface area contributed by atoms with Crippen LogP contribution in [-0.4, -0.2) is 29.2 Å². The minimum atomic E-state index is -3.87. The van der Waals surface area contributed by atoms with Crippen molar-refractivity contribution in [2.75, 3.05) is 11.1 Å². The summed E-state index contributed by atoms with van der Waals surface area (Å²) in [7, 11) is -0.700. The van der Waals surface area contributed by atoms with Crippen molar-refractivity contribution in [3.05, 3.63) is 58.0 Å². The van der Waals surface area contributed by atoms with Crippen LogP contribution in [0.2, 0.25) is 5.02 Å². The first-order valence-corrected chi connectivity index (χ1v) is 9.66. The van der Waals surface area contributed by atoms with Crippen LogP contribution in [0.4, 0.5) is 5.69 Å². The van der Waals surface area contributed by atoms with Crippen molar-refractivity contribution in [2.45, 2.75) is 4.90 Å². The lowest BCUT2D eigenvalue weighted by atomic mass is 10.3. The fraction of sp³-hybridized carbons (Fsp3) is 0.176. The number of benzene rings is 2. The highest BCUT2D eigenvalue weighted by molar-refractivity contribution is 7.92. The molecule has 9 heteroatoms. The monoisotopic (exact) mass is 393 g/mol. The van der Waals surface area contributed by atoms with E-state index in [4.69, 9.17) is 11.6 Å². The molecule has 1 heterocycles. The van der Waals surface area contributed by atoms with Crippen molar-refractivity contribution >= 4 is 44.1 Å². The third-order valence-electron chi connectivity index (χ3n) is 4.03. The van der Waals surface area contributed by atoms with Crippen molar-refractivity contribution < 1.29 is 13.2 Å². The van der Waals surface area contributed by atoms with Crippen LogP contribution in [0.25, 0.3) is 11.0 Å². The van der Waals surface area contributed by atoms with Gasteiger partial charge in [-0.15, -0.1) is 0 Å². The molecule has 0 saturated heterocycles. The largest absolute Gasteiger partial charge is 0.328 e. The fourth-order valence-electron chi connectivity index (χ4n) is 2.70. The molecule has 1 aromatic heterocycles. The van der Waals surface area contributed by atoms with Gasteiger partial charge in [-0.05, 0) is 36.4 Å². The predicted octanol–water partition coefficient (Wildman–Crippen LogP) is 1.94. The van der Waals surface area contributed by atoms with E-state index in [0.717, 1.165) is 0 Å². The molecule has 0 bridgehead atoms. The van der Waals surface area contributed by atoms with Crippen LogP contribution in [0, 0.1) is 0 Å². The Balaban J connectivity index is 1.88. The summed E-state index contributed by atoms with van der Waals surface area (Å²) in [5, 5.41) is 2.94. The van der Waals surface area contributed by atoms with Crippen molar-refractivity contribution in [1.29, 1.82) is 0 Å². The summed E-state index contributed by atoms with van der Waals surface area (Å²) >= 11 is 5.84. The van der Waals surface area contributed by atoms with Gasteiger partial charge in [-0.3, -0.25) is 13.9 Å². The van der Waals surface area contributed by atoms with Crippen LogP contribution in [-0.2, 0) is 28.7 Å². The fourth-order valence-corrected chi connectivity index (χ4v) is 4.04. The van der Waals surface area contributed by atoms with Gasteiger partial charge in [-0.1, -0.05) is 17.7 Å². The molecule has 3 rings (SSSR count). The molecule has 0 radical (unpaired) electrons. The van der Waals surface area contributed by atoms with Crippen molar-refractivity contribution in [1.82, 2.24) is 9.13 Å². The summed E-state index contributed by atoms with van der Waals surface area (Å²) in [5.74, 6) is -1.39. The van der Waals surface area contributed by atoms with Crippen molar-refractivity contribution in [3.8, 4) is 0 Å². The zero-order valence-electron chi connectivity index (χ0n) is 14.1. The lowest BCUT2D eigenvalue weighted by molar-refractivity contribution is -0.113. The zero-order chi connectivity index (χ0) is 19.1. The SMILES string of the molecule is Cn1c(=O)n(C)c2cc(S(=O)(=O)CC(=O)Nc3cccc(Cl)c3)ccc21. The molecule has 26 heavy (non-hydrogen) atoms. The van der Waals surface area contributed by atoms with E-state index in [9.17, 15) is 18.0 Å². The van der Waals surface area contributed by atoms with Gasteiger partial charge in [0.1, 0.15) is 5.75 Å². The Morgan fingerprint density at radius 3 is 2.46 bits per heavy atom. The lowest BCUT2D eigenvalue weighted by Crippen LogP contribution is -2.23. The van der Waals surface area contributed by atoms with E-state index in [1.807, 2.05) is 0 Å². The quantitative estimate of drug-likeness (QED) is 0.733. The second-order valence-electron chi connectivity index (χ2n) is 5.87. The second kappa shape index (κ2) is 6.62. The van der Waals surface area contributed by atoms with Gasteiger partial charge in [0.05, 0.1) is 15.9 Å². The number of imidazole rings is 1. The maximum atomic E-state index is 12.6. The number of nitrogens with zero attached hydrogens (tertiary/aromatic N) is 2. The third-order valence-corrected chi connectivity index (χ3v) is 5.88. The standard InChI is InChI=1S/C17H16ClN3O4S/c1-20-14-7-6-13(9-15(14)21(2)17(20)23)26(24,25)10-16(22)19-12-5-3-4-11(18)8-12/h3-9H,10H2,1-2H3,(H,19,22). The average molecular weight is 394 g/mol. The minimum absolute atomic E-state index is 0.0209. The first-order chi connectivity index (χ1) is 12.2. The number of hydrogen-bond donors (Lipinski definition) is 1. The van der Waals surface area contributed by atoms with E-state index >= 15 is 0 Å². The molecular weight excluding hydrogens is 378 g/mol. The Bertz CT molecular complexity index is 1180. The Morgan fingerprint density at radius 2 is 1.77 bits per heavy atom. The second-order valence-corrected chi connectivity index (χ2v) is 8.29. The van der Waals surface area contributed by atoms with Crippen LogP contribution in [0.3, 0.4) is 0 Å². The Hall–Kier alpha value is -2.58. The molecule has 136 valence electrons. The zero-order valence-corrected chi connectivity index (χ0v) is 15.6. The van der Waals surface area contributed by atoms with E-state index in [-0.39, 0.29) is 10.6 Å². The number of amides is 1. The summed E-state index contributed by atoms with van der Waals surface area (Å²) < 4.78 is 27.9. The molecule has 1 N–H and O–H groups in total. The van der Waals surface area contributed by atoms with Crippen LogP contribution in [0.15, 0.2) is 52.2 Å². The van der Waals surface area contributed by atoms with Crippen molar-refractivity contribution in [3.63, 3.8) is 0 Å². The molecule has 0 saturated carbocycles. The molecule has 0 unspecified atom stereocenters. The summed E-state index contributed by atoms with van der Waals surface area (Å²) in [6, 6.07) is 10.8. The Kier molecular flexibility index (Phi) is 4.64. The Morgan fingerprint density at radius 1 is 1.08 bits per heavy atom. The van der Waals surface area contributed by atoms with Gasteiger partial charge in [-0.25, -0.2) is 13.2 Å². The first kappa shape index (κ1) is 18.2. The van der Waals surface area contributed by atoms with E-state index in [1.54, 1.807) is 38.4 Å². The normalized spacial score (nSPS) is 11.7. The number of aromatic nitrogens is 2. The number of sulfone groups is 1. The summed E-state index contributed by atoms with van der Waals surface area (Å²) in [4.78, 5) is 24.0. The van der Waals surface area contributed by atoms with Gasteiger partial charge in [-0.2, -0.15) is 0 Å². The summed E-state index contributed by atoms with van der Waals surface area (Å²) in [6.45, 7) is 0. The van der Waals surface area contributed by atoms with Crippen LogP contribution >= 0.6 is 11.6 Å². The van der Waals surface area contributed by atoms with Gasteiger partial charge in [0, 0.05) is 24.8 Å². The predicted molar refractivity (Wildman–Crippen MR) is 100 cm³/mol. The molecule has 0 aliphatic rings. The van der Waals surface area contributed by atoms with E-state index in [1.165, 1.54) is 27.3 Å². The highest BCUT2D eigenvalue weighted by atomic mass is 35.5. The van der Waals surface area contributed by atoms with Gasteiger partial charge in [0.25, 0.3) is 0 Å². The van der Waals surface area contributed by atoms with Gasteiger partial charge in [0.15, 0.2) is 9.84 Å².